The van der Waals surface area contributed by atoms with Crippen LogP contribution in [0.1, 0.15) is 27.2 Å². The molecular weight excluding hydrogens is 202 g/mol. The predicted octanol–water partition coefficient (Wildman–Crippen LogP) is 1.90. The Morgan fingerprint density at radius 2 is 1.56 bits per heavy atom. The van der Waals surface area contributed by atoms with Crippen LogP contribution in [0, 0.1) is 11.8 Å². The molecule has 1 aliphatic heterocycles. The third-order valence-electron chi connectivity index (χ3n) is 3.21. The summed E-state index contributed by atoms with van der Waals surface area (Å²) in [7, 11) is 0. The Kier molecular flexibility index (Phi) is 2.70. The molecule has 3 nitrogen and oxygen atoms in total. The molecule has 0 spiro atoms. The van der Waals surface area contributed by atoms with E-state index in [9.17, 15) is 9.59 Å². The number of rotatable bonds is 1. The zero-order chi connectivity index (χ0) is 11.9. The highest BCUT2D eigenvalue weighted by molar-refractivity contribution is 6.24. The summed E-state index contributed by atoms with van der Waals surface area (Å²) in [6, 6.07) is 0. The molecule has 2 unspecified atom stereocenters. The standard InChI is InChI=1S/C11H11NO2.C2H6/c1-2-12-10(13)8-4-6-3-7(6)5-9(8)11(12)14;1-2/h4-7H,2-3H2,1H3;1-2H3. The fourth-order valence-electron chi connectivity index (χ4n) is 2.27. The minimum Gasteiger partial charge on any atom is -0.275 e. The van der Waals surface area contributed by atoms with E-state index in [0.717, 1.165) is 6.42 Å². The number of likely N-dealkylation sites (N-methyl/N-ethyl adjacent to an activating group) is 1. The lowest BCUT2D eigenvalue weighted by molar-refractivity contribution is -0.136. The zero-order valence-electron chi connectivity index (χ0n) is 9.99. The SMILES string of the molecule is CC.CCN1C(=O)C2=CC3CC3C=C2C1=O. The fourth-order valence-corrected chi connectivity index (χ4v) is 2.27. The number of hydrogen-bond donors (Lipinski definition) is 0. The Bertz CT molecular complexity index is 370. The van der Waals surface area contributed by atoms with Crippen molar-refractivity contribution in [3.8, 4) is 0 Å². The van der Waals surface area contributed by atoms with Crippen LogP contribution in [0.4, 0.5) is 0 Å². The molecule has 0 radical (unpaired) electrons. The van der Waals surface area contributed by atoms with Crippen molar-refractivity contribution in [2.75, 3.05) is 6.54 Å². The largest absolute Gasteiger partial charge is 0.275 e. The van der Waals surface area contributed by atoms with Gasteiger partial charge in [0.15, 0.2) is 0 Å². The van der Waals surface area contributed by atoms with E-state index in [1.807, 2.05) is 32.9 Å². The smallest absolute Gasteiger partial charge is 0.261 e. The summed E-state index contributed by atoms with van der Waals surface area (Å²) in [4.78, 5) is 24.8. The minimum absolute atomic E-state index is 0.103. The van der Waals surface area contributed by atoms with E-state index in [0.29, 0.717) is 29.5 Å². The van der Waals surface area contributed by atoms with Gasteiger partial charge >= 0.3 is 0 Å². The van der Waals surface area contributed by atoms with Gasteiger partial charge in [-0.1, -0.05) is 26.0 Å². The van der Waals surface area contributed by atoms with Crippen molar-refractivity contribution >= 4 is 11.8 Å². The Hall–Kier alpha value is -1.38. The first-order chi connectivity index (χ1) is 7.72. The molecule has 2 atom stereocenters. The Balaban J connectivity index is 0.000000457. The van der Waals surface area contributed by atoms with Crippen LogP contribution in [0.25, 0.3) is 0 Å². The summed E-state index contributed by atoms with van der Waals surface area (Å²) in [6.07, 6.45) is 5.07. The molecule has 16 heavy (non-hydrogen) atoms. The lowest BCUT2D eigenvalue weighted by atomic mass is 10.0. The van der Waals surface area contributed by atoms with Gasteiger partial charge in [-0.15, -0.1) is 0 Å². The van der Waals surface area contributed by atoms with Gasteiger partial charge < -0.3 is 0 Å². The molecule has 3 rings (SSSR count). The highest BCUT2D eigenvalue weighted by Gasteiger charge is 2.46. The molecule has 0 N–H and O–H groups in total. The predicted molar refractivity (Wildman–Crippen MR) is 61.5 cm³/mol. The Labute approximate surface area is 95.8 Å². The van der Waals surface area contributed by atoms with Gasteiger partial charge in [0.05, 0.1) is 0 Å². The number of fused-ring (bicyclic) bond motifs is 2. The first kappa shape index (κ1) is 11.1. The number of carbonyl (C=O) groups is 2. The summed E-state index contributed by atoms with van der Waals surface area (Å²) >= 11 is 0. The van der Waals surface area contributed by atoms with Crippen LogP contribution in [0.2, 0.25) is 0 Å². The van der Waals surface area contributed by atoms with Gasteiger partial charge in [0, 0.05) is 17.7 Å². The number of allylic oxidation sites excluding steroid dienone is 2. The van der Waals surface area contributed by atoms with Crippen molar-refractivity contribution in [2.24, 2.45) is 11.8 Å². The highest BCUT2D eigenvalue weighted by atomic mass is 16.2. The van der Waals surface area contributed by atoms with Crippen LogP contribution < -0.4 is 0 Å². The molecule has 2 fully saturated rings. The molecule has 3 heteroatoms. The fraction of sp³-hybridized carbons (Fsp3) is 0.538. The third-order valence-corrected chi connectivity index (χ3v) is 3.21. The number of carbonyl (C=O) groups excluding carboxylic acids is 2. The van der Waals surface area contributed by atoms with Crippen molar-refractivity contribution < 1.29 is 9.59 Å². The third kappa shape index (κ3) is 1.42. The van der Waals surface area contributed by atoms with Crippen molar-refractivity contribution in [1.29, 1.82) is 0 Å². The van der Waals surface area contributed by atoms with Gasteiger partial charge in [0.25, 0.3) is 11.8 Å². The molecule has 3 aliphatic rings. The molecule has 0 bridgehead atoms. The number of hydrogen-bond acceptors (Lipinski definition) is 2. The molecular formula is C13H17NO2. The maximum Gasteiger partial charge on any atom is 0.261 e. The molecule has 2 aliphatic carbocycles. The van der Waals surface area contributed by atoms with E-state index in [4.69, 9.17) is 0 Å². The van der Waals surface area contributed by atoms with Gasteiger partial charge in [-0.3, -0.25) is 14.5 Å². The number of imide groups is 1. The average molecular weight is 219 g/mol. The number of likely N-dealkylation sites (tertiary alicyclic amines) is 1. The summed E-state index contributed by atoms with van der Waals surface area (Å²) in [5.74, 6) is 0.854. The number of amides is 2. The summed E-state index contributed by atoms with van der Waals surface area (Å²) < 4.78 is 0. The van der Waals surface area contributed by atoms with Crippen LogP contribution >= 0.6 is 0 Å². The summed E-state index contributed by atoms with van der Waals surface area (Å²) in [5.41, 5.74) is 1.30. The number of nitrogens with zero attached hydrogens (tertiary/aromatic N) is 1. The minimum atomic E-state index is -0.103. The maximum atomic E-state index is 11.7. The molecule has 86 valence electrons. The monoisotopic (exact) mass is 219 g/mol. The van der Waals surface area contributed by atoms with Crippen molar-refractivity contribution in [3.63, 3.8) is 0 Å². The lowest BCUT2D eigenvalue weighted by Crippen LogP contribution is -2.29. The van der Waals surface area contributed by atoms with Crippen molar-refractivity contribution in [2.45, 2.75) is 27.2 Å². The molecule has 0 aromatic heterocycles. The van der Waals surface area contributed by atoms with Gasteiger partial charge in [0.2, 0.25) is 0 Å². The molecule has 1 saturated carbocycles. The van der Waals surface area contributed by atoms with Gasteiger partial charge in [0.1, 0.15) is 0 Å². The quantitative estimate of drug-likeness (QED) is 0.632. The van der Waals surface area contributed by atoms with Crippen molar-refractivity contribution in [1.82, 2.24) is 4.90 Å². The average Bonchev–Trinajstić information content (AvgIpc) is 3.04. The first-order valence-electron chi connectivity index (χ1n) is 6.02. The normalized spacial score (nSPS) is 29.8. The van der Waals surface area contributed by atoms with E-state index < -0.39 is 0 Å². The van der Waals surface area contributed by atoms with Crippen LogP contribution in [0.3, 0.4) is 0 Å². The van der Waals surface area contributed by atoms with Crippen LogP contribution in [0.15, 0.2) is 23.3 Å². The van der Waals surface area contributed by atoms with Crippen LogP contribution in [-0.4, -0.2) is 23.3 Å². The van der Waals surface area contributed by atoms with Crippen molar-refractivity contribution in [3.05, 3.63) is 23.3 Å². The molecule has 0 aromatic carbocycles. The zero-order valence-corrected chi connectivity index (χ0v) is 9.99. The molecule has 1 saturated heterocycles. The van der Waals surface area contributed by atoms with E-state index in [1.165, 1.54) is 4.90 Å². The van der Waals surface area contributed by atoms with E-state index in [2.05, 4.69) is 0 Å². The first-order valence-corrected chi connectivity index (χ1v) is 6.02. The second-order valence-corrected chi connectivity index (χ2v) is 4.08. The molecule has 2 amide bonds. The van der Waals surface area contributed by atoms with E-state index in [1.54, 1.807) is 0 Å². The second kappa shape index (κ2) is 3.89. The van der Waals surface area contributed by atoms with Crippen LogP contribution in [-0.2, 0) is 9.59 Å². The maximum absolute atomic E-state index is 11.7. The van der Waals surface area contributed by atoms with E-state index in [-0.39, 0.29) is 11.8 Å². The van der Waals surface area contributed by atoms with Gasteiger partial charge in [-0.2, -0.15) is 0 Å². The molecule has 1 heterocycles. The second-order valence-electron chi connectivity index (χ2n) is 4.08. The van der Waals surface area contributed by atoms with Gasteiger partial charge in [-0.25, -0.2) is 0 Å². The van der Waals surface area contributed by atoms with Gasteiger partial charge in [-0.05, 0) is 25.2 Å². The highest BCUT2D eigenvalue weighted by Crippen LogP contribution is 2.48. The van der Waals surface area contributed by atoms with Crippen LogP contribution in [0.5, 0.6) is 0 Å². The van der Waals surface area contributed by atoms with E-state index >= 15 is 0 Å². The topological polar surface area (TPSA) is 37.4 Å². The molecule has 0 aromatic rings. The summed E-state index contributed by atoms with van der Waals surface area (Å²) in [6.45, 7) is 6.30. The Morgan fingerprint density at radius 3 is 1.94 bits per heavy atom. The Morgan fingerprint density at radius 1 is 1.12 bits per heavy atom. The summed E-state index contributed by atoms with van der Waals surface area (Å²) in [5, 5.41) is 0. The lowest BCUT2D eigenvalue weighted by Gasteiger charge is -2.07.